The number of pyridine rings is 1. The van der Waals surface area contributed by atoms with E-state index < -0.39 is 0 Å². The van der Waals surface area contributed by atoms with Gasteiger partial charge in [-0.05, 0) is 19.1 Å². The fourth-order valence-electron chi connectivity index (χ4n) is 2.28. The van der Waals surface area contributed by atoms with Gasteiger partial charge >= 0.3 is 0 Å². The summed E-state index contributed by atoms with van der Waals surface area (Å²) in [5, 5.41) is 6.86. The lowest BCUT2D eigenvalue weighted by Gasteiger charge is -2.15. The zero-order valence-corrected chi connectivity index (χ0v) is 12.1. The number of carbonyl (C=O) groups excluding carboxylic acids is 2. The summed E-state index contributed by atoms with van der Waals surface area (Å²) in [6, 6.07) is 3.59. The number of imide groups is 1. The first-order valence-electron chi connectivity index (χ1n) is 6.98. The Hall–Kier alpha value is -2.77. The molecule has 2 aromatic heterocycles. The summed E-state index contributed by atoms with van der Waals surface area (Å²) >= 11 is 0. The Labute approximate surface area is 126 Å². The zero-order valence-electron chi connectivity index (χ0n) is 12.1. The van der Waals surface area contributed by atoms with Crippen molar-refractivity contribution in [2.24, 2.45) is 0 Å². The van der Waals surface area contributed by atoms with Crippen molar-refractivity contribution in [2.75, 3.05) is 18.4 Å². The number of hydrogen-bond donors (Lipinski definition) is 1. The molecular weight excluding hydrogens is 286 g/mol. The molecule has 8 nitrogen and oxygen atoms in total. The van der Waals surface area contributed by atoms with Gasteiger partial charge in [-0.2, -0.15) is 4.98 Å². The second-order valence-electron chi connectivity index (χ2n) is 4.91. The van der Waals surface area contributed by atoms with Crippen LogP contribution in [0.2, 0.25) is 0 Å². The van der Waals surface area contributed by atoms with Crippen LogP contribution in [0, 0.1) is 6.92 Å². The molecule has 2 aromatic rings. The van der Waals surface area contributed by atoms with E-state index in [-0.39, 0.29) is 11.8 Å². The summed E-state index contributed by atoms with van der Waals surface area (Å²) in [4.78, 5) is 32.8. The van der Waals surface area contributed by atoms with Gasteiger partial charge in [0, 0.05) is 32.1 Å². The first kappa shape index (κ1) is 14.2. The van der Waals surface area contributed by atoms with Gasteiger partial charge in [0.15, 0.2) is 5.82 Å². The minimum absolute atomic E-state index is 0.124. The number of anilines is 1. The maximum Gasteiger partial charge on any atom is 0.261 e. The Morgan fingerprint density at radius 3 is 2.77 bits per heavy atom. The molecule has 22 heavy (non-hydrogen) atoms. The molecule has 0 radical (unpaired) electrons. The molecule has 1 N–H and O–H groups in total. The van der Waals surface area contributed by atoms with Crippen molar-refractivity contribution in [1.82, 2.24) is 20.0 Å². The largest absolute Gasteiger partial charge is 0.368 e. The van der Waals surface area contributed by atoms with Crippen LogP contribution in [0.25, 0.3) is 11.5 Å². The summed E-state index contributed by atoms with van der Waals surface area (Å²) < 4.78 is 5.15. The summed E-state index contributed by atoms with van der Waals surface area (Å²) in [7, 11) is 0. The third-order valence-electron chi connectivity index (χ3n) is 3.35. The average Bonchev–Trinajstić information content (AvgIpc) is 3.08. The Morgan fingerprint density at radius 2 is 2.09 bits per heavy atom. The Bertz CT molecular complexity index is 696. The molecular formula is C14H15N5O3. The van der Waals surface area contributed by atoms with Crippen molar-refractivity contribution in [3.63, 3.8) is 0 Å². The second-order valence-corrected chi connectivity index (χ2v) is 4.91. The zero-order chi connectivity index (χ0) is 15.5. The van der Waals surface area contributed by atoms with E-state index in [1.54, 1.807) is 19.2 Å². The van der Waals surface area contributed by atoms with Crippen molar-refractivity contribution < 1.29 is 14.1 Å². The van der Waals surface area contributed by atoms with Crippen molar-refractivity contribution in [3.8, 4) is 11.5 Å². The fourth-order valence-corrected chi connectivity index (χ4v) is 2.28. The molecule has 1 saturated heterocycles. The predicted octanol–water partition coefficient (Wildman–Crippen LogP) is 1.00. The number of hydrogen-bond acceptors (Lipinski definition) is 7. The minimum atomic E-state index is -0.124. The number of likely N-dealkylation sites (tertiary alicyclic amines) is 1. The van der Waals surface area contributed by atoms with Crippen LogP contribution in [0.5, 0.6) is 0 Å². The van der Waals surface area contributed by atoms with E-state index in [0.717, 1.165) is 0 Å². The number of aromatic nitrogens is 3. The monoisotopic (exact) mass is 301 g/mol. The summed E-state index contributed by atoms with van der Waals surface area (Å²) in [5.74, 6) is 1.24. The van der Waals surface area contributed by atoms with Crippen LogP contribution in [-0.2, 0) is 9.59 Å². The normalized spacial score (nSPS) is 14.7. The number of rotatable bonds is 5. The van der Waals surface area contributed by atoms with E-state index in [1.807, 2.05) is 6.07 Å². The van der Waals surface area contributed by atoms with Gasteiger partial charge < -0.3 is 9.84 Å². The van der Waals surface area contributed by atoms with Crippen LogP contribution in [0.3, 0.4) is 0 Å². The molecule has 0 spiro atoms. The number of nitrogens with one attached hydrogen (secondary N) is 1. The maximum absolute atomic E-state index is 11.5. The molecule has 1 fully saturated rings. The van der Waals surface area contributed by atoms with E-state index in [9.17, 15) is 9.59 Å². The standard InChI is InChI=1S/C14H15N5O3/c1-9-17-14(22-18-9)10-3-2-6-15-13(10)16-7-8-19-11(20)4-5-12(19)21/h2-3,6H,4-5,7-8H2,1H3,(H,15,16). The Kier molecular flexibility index (Phi) is 3.82. The van der Waals surface area contributed by atoms with Crippen molar-refractivity contribution in [2.45, 2.75) is 19.8 Å². The molecule has 0 aromatic carbocycles. The van der Waals surface area contributed by atoms with Crippen LogP contribution >= 0.6 is 0 Å². The van der Waals surface area contributed by atoms with Crippen molar-refractivity contribution >= 4 is 17.6 Å². The molecule has 3 rings (SSSR count). The third-order valence-corrected chi connectivity index (χ3v) is 3.35. The van der Waals surface area contributed by atoms with Gasteiger partial charge in [0.25, 0.3) is 5.89 Å². The van der Waals surface area contributed by atoms with Crippen LogP contribution in [0.4, 0.5) is 5.82 Å². The van der Waals surface area contributed by atoms with Gasteiger partial charge in [0.05, 0.1) is 5.56 Å². The number of nitrogens with zero attached hydrogens (tertiary/aromatic N) is 4. The summed E-state index contributed by atoms with van der Waals surface area (Å²) in [6.45, 7) is 2.46. The lowest BCUT2D eigenvalue weighted by molar-refractivity contribution is -0.138. The third kappa shape index (κ3) is 2.80. The predicted molar refractivity (Wildman–Crippen MR) is 76.7 cm³/mol. The number of aryl methyl sites for hydroxylation is 1. The number of amides is 2. The van der Waals surface area contributed by atoms with E-state index in [0.29, 0.717) is 49.0 Å². The molecule has 2 amide bonds. The fraction of sp³-hybridized carbons (Fsp3) is 0.357. The molecule has 0 unspecified atom stereocenters. The van der Waals surface area contributed by atoms with E-state index in [1.165, 1.54) is 4.90 Å². The number of carbonyl (C=O) groups is 2. The van der Waals surface area contributed by atoms with Crippen molar-refractivity contribution in [3.05, 3.63) is 24.2 Å². The summed E-state index contributed by atoms with van der Waals surface area (Å²) in [6.07, 6.45) is 2.24. The highest BCUT2D eigenvalue weighted by Gasteiger charge is 2.28. The van der Waals surface area contributed by atoms with E-state index >= 15 is 0 Å². The minimum Gasteiger partial charge on any atom is -0.368 e. The summed E-state index contributed by atoms with van der Waals surface area (Å²) in [5.41, 5.74) is 0.683. The van der Waals surface area contributed by atoms with Gasteiger partial charge in [-0.15, -0.1) is 0 Å². The first-order chi connectivity index (χ1) is 10.6. The van der Waals surface area contributed by atoms with Crippen LogP contribution in [0.1, 0.15) is 18.7 Å². The second kappa shape index (κ2) is 5.92. The lowest BCUT2D eigenvalue weighted by Crippen LogP contribution is -2.33. The first-order valence-corrected chi connectivity index (χ1v) is 6.98. The SMILES string of the molecule is Cc1noc(-c2cccnc2NCCN2C(=O)CCC2=O)n1. The van der Waals surface area contributed by atoms with Crippen LogP contribution in [0.15, 0.2) is 22.9 Å². The average molecular weight is 301 g/mol. The van der Waals surface area contributed by atoms with E-state index in [4.69, 9.17) is 4.52 Å². The quantitative estimate of drug-likeness (QED) is 0.822. The molecule has 0 bridgehead atoms. The van der Waals surface area contributed by atoms with Gasteiger partial charge in [0.1, 0.15) is 5.82 Å². The smallest absolute Gasteiger partial charge is 0.261 e. The maximum atomic E-state index is 11.5. The van der Waals surface area contributed by atoms with E-state index in [2.05, 4.69) is 20.4 Å². The van der Waals surface area contributed by atoms with Gasteiger partial charge in [0.2, 0.25) is 11.8 Å². The molecule has 8 heteroatoms. The highest BCUT2D eigenvalue weighted by Crippen LogP contribution is 2.24. The van der Waals surface area contributed by atoms with Gasteiger partial charge in [-0.1, -0.05) is 5.16 Å². The van der Waals surface area contributed by atoms with Gasteiger partial charge in [-0.25, -0.2) is 4.98 Å². The molecule has 1 aliphatic rings. The molecule has 0 atom stereocenters. The Balaban J connectivity index is 1.68. The molecule has 3 heterocycles. The topological polar surface area (TPSA) is 101 Å². The van der Waals surface area contributed by atoms with Crippen molar-refractivity contribution in [1.29, 1.82) is 0 Å². The van der Waals surface area contributed by atoms with Crippen LogP contribution in [-0.4, -0.2) is 44.9 Å². The highest BCUT2D eigenvalue weighted by atomic mass is 16.5. The molecule has 1 aliphatic heterocycles. The Morgan fingerprint density at radius 1 is 1.32 bits per heavy atom. The lowest BCUT2D eigenvalue weighted by atomic mass is 10.2. The molecule has 0 saturated carbocycles. The van der Waals surface area contributed by atoms with Gasteiger partial charge in [-0.3, -0.25) is 14.5 Å². The highest BCUT2D eigenvalue weighted by molar-refractivity contribution is 6.01. The molecule has 114 valence electrons. The van der Waals surface area contributed by atoms with Crippen LogP contribution < -0.4 is 5.32 Å². The molecule has 0 aliphatic carbocycles.